The number of carboxylic acids is 1. The number of nitrogens with zero attached hydrogens (tertiary/aromatic N) is 2. The van der Waals surface area contributed by atoms with E-state index in [-0.39, 0.29) is 11.4 Å². The Hall–Kier alpha value is -2.35. The van der Waals surface area contributed by atoms with Gasteiger partial charge in [-0.3, -0.25) is 14.2 Å². The number of hydrogen-bond acceptors (Lipinski definition) is 4. The molecule has 0 unspecified atom stereocenters. The lowest BCUT2D eigenvalue weighted by Crippen LogP contribution is -2.14. The molecule has 0 amide bonds. The highest BCUT2D eigenvalue weighted by atomic mass is 32.2. The maximum absolute atomic E-state index is 12.3. The van der Waals surface area contributed by atoms with Gasteiger partial charge in [0.2, 0.25) is 0 Å². The Bertz CT molecular complexity index is 752. The van der Waals surface area contributed by atoms with Gasteiger partial charge in [-0.25, -0.2) is 8.42 Å². The molecule has 2 rings (SSSR count). The summed E-state index contributed by atoms with van der Waals surface area (Å²) in [5.41, 5.74) is 1.38. The fraction of sp³-hybridized carbons (Fsp3) is 0.231. The zero-order valence-electron chi connectivity index (χ0n) is 11.4. The van der Waals surface area contributed by atoms with Crippen LogP contribution in [0.5, 0.6) is 0 Å². The Morgan fingerprint density at radius 3 is 2.76 bits per heavy atom. The number of sulfonamides is 1. The first-order valence-electron chi connectivity index (χ1n) is 6.27. The summed E-state index contributed by atoms with van der Waals surface area (Å²) >= 11 is 0. The molecule has 1 heterocycles. The third-order valence-corrected chi connectivity index (χ3v) is 4.18. The van der Waals surface area contributed by atoms with Gasteiger partial charge in [0, 0.05) is 6.20 Å². The predicted octanol–water partition coefficient (Wildman–Crippen LogP) is 1.33. The first-order valence-corrected chi connectivity index (χ1v) is 7.75. The van der Waals surface area contributed by atoms with Crippen LogP contribution >= 0.6 is 0 Å². The number of aliphatic carboxylic acids is 1. The molecule has 8 heteroatoms. The maximum atomic E-state index is 12.3. The Morgan fingerprint density at radius 1 is 1.38 bits per heavy atom. The fourth-order valence-corrected chi connectivity index (χ4v) is 2.89. The van der Waals surface area contributed by atoms with E-state index in [4.69, 9.17) is 5.11 Å². The van der Waals surface area contributed by atoms with Crippen LogP contribution in [-0.2, 0) is 27.8 Å². The minimum absolute atomic E-state index is 0.0744. The van der Waals surface area contributed by atoms with Crippen LogP contribution < -0.4 is 4.72 Å². The highest BCUT2D eigenvalue weighted by Crippen LogP contribution is 2.20. The van der Waals surface area contributed by atoms with Crippen LogP contribution in [0, 0.1) is 0 Å². The standard InChI is InChI=1S/C13H15N3O4S/c1-2-10-5-3-4-6-12(10)15-21(19,20)11-7-14-16(8-11)9-13(17)18/h3-8,15H,2,9H2,1H3,(H,17,18). The molecular weight excluding hydrogens is 294 g/mol. The summed E-state index contributed by atoms with van der Waals surface area (Å²) in [5, 5.41) is 12.4. The van der Waals surface area contributed by atoms with Gasteiger partial charge in [-0.2, -0.15) is 5.10 Å². The summed E-state index contributed by atoms with van der Waals surface area (Å²) in [5.74, 6) is -1.09. The topological polar surface area (TPSA) is 101 Å². The van der Waals surface area contributed by atoms with Gasteiger partial charge in [0.1, 0.15) is 11.4 Å². The van der Waals surface area contributed by atoms with Crippen molar-refractivity contribution in [1.82, 2.24) is 9.78 Å². The molecule has 0 atom stereocenters. The molecule has 0 spiro atoms. The van der Waals surface area contributed by atoms with Crippen molar-refractivity contribution in [2.45, 2.75) is 24.8 Å². The van der Waals surface area contributed by atoms with Gasteiger partial charge in [-0.15, -0.1) is 0 Å². The van der Waals surface area contributed by atoms with Crippen LogP contribution in [0.15, 0.2) is 41.6 Å². The second-order valence-corrected chi connectivity index (χ2v) is 6.07. The zero-order valence-corrected chi connectivity index (χ0v) is 12.2. The minimum Gasteiger partial charge on any atom is -0.480 e. The van der Waals surface area contributed by atoms with Crippen molar-refractivity contribution in [3.63, 3.8) is 0 Å². The van der Waals surface area contributed by atoms with Gasteiger partial charge >= 0.3 is 5.97 Å². The van der Waals surface area contributed by atoms with Crippen LogP contribution in [-0.4, -0.2) is 29.3 Å². The van der Waals surface area contributed by atoms with E-state index in [1.54, 1.807) is 12.1 Å². The molecule has 1 aromatic carbocycles. The lowest BCUT2D eigenvalue weighted by Gasteiger charge is -2.10. The molecule has 21 heavy (non-hydrogen) atoms. The van der Waals surface area contributed by atoms with E-state index in [9.17, 15) is 13.2 Å². The van der Waals surface area contributed by atoms with Crippen molar-refractivity contribution >= 4 is 21.7 Å². The van der Waals surface area contributed by atoms with Crippen molar-refractivity contribution in [1.29, 1.82) is 0 Å². The molecular formula is C13H15N3O4S. The number of para-hydroxylation sites is 1. The van der Waals surface area contributed by atoms with Crippen molar-refractivity contribution in [3.8, 4) is 0 Å². The zero-order chi connectivity index (χ0) is 15.5. The number of hydrogen-bond donors (Lipinski definition) is 2. The van der Waals surface area contributed by atoms with Gasteiger partial charge < -0.3 is 5.11 Å². The third kappa shape index (κ3) is 3.60. The van der Waals surface area contributed by atoms with Gasteiger partial charge in [-0.1, -0.05) is 25.1 Å². The molecule has 0 bridgehead atoms. The molecule has 0 fully saturated rings. The van der Waals surface area contributed by atoms with Gasteiger partial charge in [0.15, 0.2) is 0 Å². The number of rotatable bonds is 6. The van der Waals surface area contributed by atoms with Crippen molar-refractivity contribution in [2.24, 2.45) is 0 Å². The summed E-state index contributed by atoms with van der Waals surface area (Å²) in [6.07, 6.45) is 3.00. The number of aryl methyl sites for hydroxylation is 1. The molecule has 0 aliphatic carbocycles. The fourth-order valence-electron chi connectivity index (χ4n) is 1.84. The van der Waals surface area contributed by atoms with E-state index in [1.165, 1.54) is 6.20 Å². The lowest BCUT2D eigenvalue weighted by molar-refractivity contribution is -0.137. The summed E-state index contributed by atoms with van der Waals surface area (Å²) < 4.78 is 28.1. The number of anilines is 1. The smallest absolute Gasteiger partial charge is 0.325 e. The summed E-state index contributed by atoms with van der Waals surface area (Å²) in [7, 11) is -3.79. The average molecular weight is 309 g/mol. The second-order valence-electron chi connectivity index (χ2n) is 4.38. The largest absolute Gasteiger partial charge is 0.480 e. The molecule has 1 aromatic heterocycles. The van der Waals surface area contributed by atoms with Gasteiger partial charge in [0.25, 0.3) is 10.0 Å². The molecule has 0 aliphatic rings. The van der Waals surface area contributed by atoms with E-state index in [0.717, 1.165) is 16.4 Å². The molecule has 2 aromatic rings. The van der Waals surface area contributed by atoms with Crippen molar-refractivity contribution < 1.29 is 18.3 Å². The first-order chi connectivity index (χ1) is 9.92. The quantitative estimate of drug-likeness (QED) is 0.838. The summed E-state index contributed by atoms with van der Waals surface area (Å²) in [6, 6.07) is 7.09. The Kier molecular flexibility index (Phi) is 4.27. The number of nitrogens with one attached hydrogen (secondary N) is 1. The maximum Gasteiger partial charge on any atom is 0.325 e. The minimum atomic E-state index is -3.79. The molecule has 0 radical (unpaired) electrons. The molecule has 0 saturated carbocycles. The van der Waals surface area contributed by atoms with E-state index >= 15 is 0 Å². The van der Waals surface area contributed by atoms with Gasteiger partial charge in [-0.05, 0) is 18.1 Å². The molecule has 2 N–H and O–H groups in total. The van der Waals surface area contributed by atoms with Crippen molar-refractivity contribution in [3.05, 3.63) is 42.2 Å². The van der Waals surface area contributed by atoms with Crippen LogP contribution in [0.3, 0.4) is 0 Å². The van der Waals surface area contributed by atoms with Crippen LogP contribution in [0.25, 0.3) is 0 Å². The number of aromatic nitrogens is 2. The molecule has 112 valence electrons. The SMILES string of the molecule is CCc1ccccc1NS(=O)(=O)c1cnn(CC(=O)O)c1. The van der Waals surface area contributed by atoms with Crippen LogP contribution in [0.1, 0.15) is 12.5 Å². The average Bonchev–Trinajstić information content (AvgIpc) is 2.87. The molecule has 7 nitrogen and oxygen atoms in total. The van der Waals surface area contributed by atoms with Crippen molar-refractivity contribution in [2.75, 3.05) is 4.72 Å². The van der Waals surface area contributed by atoms with E-state index < -0.39 is 16.0 Å². The Balaban J connectivity index is 2.26. The van der Waals surface area contributed by atoms with E-state index in [2.05, 4.69) is 9.82 Å². The normalized spacial score (nSPS) is 11.3. The molecule has 0 saturated heterocycles. The van der Waals surface area contributed by atoms with E-state index in [1.807, 2.05) is 19.1 Å². The Morgan fingerprint density at radius 2 is 2.10 bits per heavy atom. The predicted molar refractivity (Wildman–Crippen MR) is 76.5 cm³/mol. The van der Waals surface area contributed by atoms with E-state index in [0.29, 0.717) is 12.1 Å². The summed E-state index contributed by atoms with van der Waals surface area (Å²) in [6.45, 7) is 1.54. The third-order valence-electron chi connectivity index (χ3n) is 2.86. The summed E-state index contributed by atoms with van der Waals surface area (Å²) in [4.78, 5) is 10.5. The monoisotopic (exact) mass is 309 g/mol. The van der Waals surface area contributed by atoms with Gasteiger partial charge in [0.05, 0.1) is 11.9 Å². The molecule has 0 aliphatic heterocycles. The first kappa shape index (κ1) is 15.0. The number of carbonyl (C=O) groups is 1. The lowest BCUT2D eigenvalue weighted by atomic mass is 10.1. The highest BCUT2D eigenvalue weighted by molar-refractivity contribution is 7.92. The number of carboxylic acid groups (broad SMARTS) is 1. The highest BCUT2D eigenvalue weighted by Gasteiger charge is 2.18. The van der Waals surface area contributed by atoms with Crippen LogP contribution in [0.4, 0.5) is 5.69 Å². The second kappa shape index (κ2) is 5.96. The number of benzene rings is 1. The Labute approximate surface area is 122 Å². The van der Waals surface area contributed by atoms with Crippen LogP contribution in [0.2, 0.25) is 0 Å².